The fourth-order valence-electron chi connectivity index (χ4n) is 4.65. The number of nitrogens with zero attached hydrogens (tertiary/aromatic N) is 2. The summed E-state index contributed by atoms with van der Waals surface area (Å²) in [6.07, 6.45) is 3.86. The molecule has 2 aliphatic heterocycles. The first-order valence-electron chi connectivity index (χ1n) is 11.7. The van der Waals surface area contributed by atoms with Gasteiger partial charge in [-0.1, -0.05) is 48.5 Å². The van der Waals surface area contributed by atoms with Crippen LogP contribution in [0.4, 0.5) is 5.69 Å². The van der Waals surface area contributed by atoms with Crippen molar-refractivity contribution in [3.63, 3.8) is 0 Å². The molecule has 0 aliphatic carbocycles. The summed E-state index contributed by atoms with van der Waals surface area (Å²) in [4.78, 5) is 32.7. The SMILES string of the molecule is CCOC(=O)C1(Cc2ccccc2OC)Sc2ccccc2N(CCN2CCCCC2)C1=O. The Kier molecular flexibility index (Phi) is 7.60. The largest absolute Gasteiger partial charge is 0.496 e. The normalized spacial score (nSPS) is 20.9. The first-order chi connectivity index (χ1) is 16.1. The average Bonchev–Trinajstić information content (AvgIpc) is 2.85. The minimum Gasteiger partial charge on any atom is -0.496 e. The summed E-state index contributed by atoms with van der Waals surface area (Å²) >= 11 is 1.30. The summed E-state index contributed by atoms with van der Waals surface area (Å²) in [5.74, 6) is -0.0516. The quantitative estimate of drug-likeness (QED) is 0.428. The zero-order valence-corrected chi connectivity index (χ0v) is 20.2. The lowest BCUT2D eigenvalue weighted by Crippen LogP contribution is -2.57. The third-order valence-electron chi connectivity index (χ3n) is 6.36. The zero-order valence-electron chi connectivity index (χ0n) is 19.4. The van der Waals surface area contributed by atoms with Gasteiger partial charge in [0.25, 0.3) is 5.91 Å². The van der Waals surface area contributed by atoms with Crippen LogP contribution in [-0.2, 0) is 20.7 Å². The molecule has 0 aromatic heterocycles. The maximum atomic E-state index is 14.1. The van der Waals surface area contributed by atoms with Crippen molar-refractivity contribution in [2.24, 2.45) is 0 Å². The molecule has 176 valence electrons. The Hall–Kier alpha value is -2.51. The van der Waals surface area contributed by atoms with E-state index in [4.69, 9.17) is 9.47 Å². The number of hydrogen-bond donors (Lipinski definition) is 0. The fourth-order valence-corrected chi connectivity index (χ4v) is 6.02. The van der Waals surface area contributed by atoms with E-state index >= 15 is 0 Å². The molecule has 0 saturated carbocycles. The number of piperidine rings is 1. The minimum absolute atomic E-state index is 0.202. The Morgan fingerprint density at radius 3 is 2.52 bits per heavy atom. The van der Waals surface area contributed by atoms with Crippen molar-refractivity contribution in [3.05, 3.63) is 54.1 Å². The van der Waals surface area contributed by atoms with Crippen LogP contribution in [0.3, 0.4) is 0 Å². The number of amides is 1. The molecule has 1 amide bonds. The second-order valence-electron chi connectivity index (χ2n) is 8.46. The van der Waals surface area contributed by atoms with E-state index in [2.05, 4.69) is 4.90 Å². The molecule has 1 saturated heterocycles. The minimum atomic E-state index is -1.40. The van der Waals surface area contributed by atoms with E-state index in [0.717, 1.165) is 35.8 Å². The van der Waals surface area contributed by atoms with Crippen molar-refractivity contribution in [1.29, 1.82) is 0 Å². The number of esters is 1. The maximum Gasteiger partial charge on any atom is 0.332 e. The molecule has 1 fully saturated rings. The Morgan fingerprint density at radius 1 is 1.03 bits per heavy atom. The molecule has 0 bridgehead atoms. The number of methoxy groups -OCH3 is 1. The summed E-state index contributed by atoms with van der Waals surface area (Å²) < 4.78 is 9.64. The fraction of sp³-hybridized carbons (Fsp3) is 0.462. The first-order valence-corrected chi connectivity index (χ1v) is 12.5. The molecule has 1 atom stereocenters. The molecular weight excluding hydrogens is 436 g/mol. The molecule has 1 unspecified atom stereocenters. The summed E-state index contributed by atoms with van der Waals surface area (Å²) in [5, 5.41) is 0. The van der Waals surface area contributed by atoms with Gasteiger partial charge in [0, 0.05) is 24.4 Å². The van der Waals surface area contributed by atoms with Gasteiger partial charge in [-0.05, 0) is 56.6 Å². The monoisotopic (exact) mass is 468 g/mol. The summed E-state index contributed by atoms with van der Waals surface area (Å²) in [6, 6.07) is 15.4. The van der Waals surface area contributed by atoms with Gasteiger partial charge in [0.15, 0.2) is 0 Å². The average molecular weight is 469 g/mol. The molecule has 0 radical (unpaired) electrons. The smallest absolute Gasteiger partial charge is 0.332 e. The van der Waals surface area contributed by atoms with Gasteiger partial charge in [-0.3, -0.25) is 4.79 Å². The van der Waals surface area contributed by atoms with Crippen molar-refractivity contribution in [2.75, 3.05) is 44.8 Å². The van der Waals surface area contributed by atoms with E-state index in [-0.39, 0.29) is 18.9 Å². The van der Waals surface area contributed by atoms with Crippen LogP contribution in [0.25, 0.3) is 0 Å². The number of carbonyl (C=O) groups excluding carboxylic acids is 2. The van der Waals surface area contributed by atoms with Gasteiger partial charge in [0.05, 0.1) is 19.4 Å². The van der Waals surface area contributed by atoms with E-state index in [1.54, 1.807) is 18.9 Å². The van der Waals surface area contributed by atoms with Gasteiger partial charge in [-0.15, -0.1) is 0 Å². The molecule has 2 aliphatic rings. The number of hydrogen-bond acceptors (Lipinski definition) is 6. The number of thioether (sulfide) groups is 1. The number of anilines is 1. The van der Waals surface area contributed by atoms with Crippen molar-refractivity contribution >= 4 is 29.3 Å². The maximum absolute atomic E-state index is 14.1. The van der Waals surface area contributed by atoms with Crippen LogP contribution < -0.4 is 9.64 Å². The highest BCUT2D eigenvalue weighted by molar-refractivity contribution is 8.02. The first kappa shape index (κ1) is 23.6. The Morgan fingerprint density at radius 2 is 1.76 bits per heavy atom. The van der Waals surface area contributed by atoms with Gasteiger partial charge in [-0.25, -0.2) is 4.79 Å². The lowest BCUT2D eigenvalue weighted by Gasteiger charge is -2.41. The van der Waals surface area contributed by atoms with Crippen molar-refractivity contribution in [1.82, 2.24) is 4.90 Å². The van der Waals surface area contributed by atoms with Crippen LogP contribution >= 0.6 is 11.8 Å². The Balaban J connectivity index is 1.72. The van der Waals surface area contributed by atoms with Gasteiger partial charge in [0.2, 0.25) is 4.75 Å². The molecule has 2 aromatic rings. The van der Waals surface area contributed by atoms with Crippen LogP contribution in [0.5, 0.6) is 5.75 Å². The van der Waals surface area contributed by atoms with Gasteiger partial charge in [-0.2, -0.15) is 0 Å². The number of likely N-dealkylation sites (tertiary alicyclic amines) is 1. The molecular formula is C26H32N2O4S. The molecule has 2 heterocycles. The molecule has 6 nitrogen and oxygen atoms in total. The molecule has 33 heavy (non-hydrogen) atoms. The Bertz CT molecular complexity index is 992. The van der Waals surface area contributed by atoms with Crippen molar-refractivity contribution in [3.8, 4) is 5.75 Å². The molecule has 2 aromatic carbocycles. The number of rotatable bonds is 8. The zero-order chi connectivity index (χ0) is 23.3. The molecule has 0 spiro atoms. The van der Waals surface area contributed by atoms with Crippen LogP contribution in [-0.4, -0.2) is 61.4 Å². The van der Waals surface area contributed by atoms with Gasteiger partial charge >= 0.3 is 5.97 Å². The summed E-state index contributed by atoms with van der Waals surface area (Å²) in [5.41, 5.74) is 1.67. The van der Waals surface area contributed by atoms with Crippen molar-refractivity contribution in [2.45, 2.75) is 42.2 Å². The van der Waals surface area contributed by atoms with Gasteiger partial charge < -0.3 is 19.3 Å². The molecule has 0 N–H and O–H groups in total. The number of carbonyl (C=O) groups is 2. The van der Waals surface area contributed by atoms with E-state index in [1.807, 2.05) is 48.5 Å². The van der Waals surface area contributed by atoms with Gasteiger partial charge in [0.1, 0.15) is 5.75 Å². The standard InChI is InChI=1S/C26H32N2O4S/c1-3-32-25(30)26(19-20-11-5-7-13-22(20)31-2)24(29)28(18-17-27-15-9-4-10-16-27)21-12-6-8-14-23(21)33-26/h5-8,11-14H,3-4,9-10,15-19H2,1-2H3. The highest BCUT2D eigenvalue weighted by atomic mass is 32.2. The Labute approximate surface area is 200 Å². The summed E-state index contributed by atoms with van der Waals surface area (Å²) in [7, 11) is 1.60. The lowest BCUT2D eigenvalue weighted by molar-refractivity contribution is -0.149. The second kappa shape index (κ2) is 10.6. The molecule has 7 heteroatoms. The number of fused-ring (bicyclic) bond motifs is 1. The number of para-hydroxylation sites is 2. The van der Waals surface area contributed by atoms with Crippen LogP contribution in [0.15, 0.2) is 53.4 Å². The highest BCUT2D eigenvalue weighted by Gasteiger charge is 2.54. The second-order valence-corrected chi connectivity index (χ2v) is 9.81. The predicted molar refractivity (Wildman–Crippen MR) is 131 cm³/mol. The van der Waals surface area contributed by atoms with E-state index < -0.39 is 10.7 Å². The number of ether oxygens (including phenoxy) is 2. The van der Waals surface area contributed by atoms with E-state index in [0.29, 0.717) is 12.3 Å². The van der Waals surface area contributed by atoms with Crippen LogP contribution in [0, 0.1) is 0 Å². The van der Waals surface area contributed by atoms with Crippen LogP contribution in [0.2, 0.25) is 0 Å². The van der Waals surface area contributed by atoms with Crippen molar-refractivity contribution < 1.29 is 19.1 Å². The topological polar surface area (TPSA) is 59.1 Å². The summed E-state index contributed by atoms with van der Waals surface area (Å²) in [6.45, 7) is 5.44. The van der Waals surface area contributed by atoms with Crippen LogP contribution in [0.1, 0.15) is 31.7 Å². The van der Waals surface area contributed by atoms with E-state index in [1.165, 1.54) is 31.0 Å². The number of benzene rings is 2. The third kappa shape index (κ3) is 4.89. The molecule has 4 rings (SSSR count). The van der Waals surface area contributed by atoms with E-state index in [9.17, 15) is 9.59 Å². The third-order valence-corrected chi connectivity index (χ3v) is 7.76. The highest BCUT2D eigenvalue weighted by Crippen LogP contribution is 2.48. The predicted octanol–water partition coefficient (Wildman–Crippen LogP) is 4.16. The lowest BCUT2D eigenvalue weighted by atomic mass is 9.95.